The van der Waals surface area contributed by atoms with Gasteiger partial charge in [0.05, 0.1) is 53.1 Å². The SMILES string of the molecule is CCOC(=O)CC(c1cc(-c2ccc(F)cc2C)c(N(C)C(=O)C(C)(C)c2cc(C(F)(F)F)cc(C(F)(F)F)c2)cn1)C(C)(C)[N+](=O)[O-]. The third kappa shape index (κ3) is 7.93. The molecule has 8 nitrogen and oxygen atoms in total. The number of amides is 1. The van der Waals surface area contributed by atoms with E-state index in [0.717, 1.165) is 17.2 Å². The molecule has 3 aromatic rings. The average Bonchev–Trinajstić information content (AvgIpc) is 2.97. The molecular weight excluding hydrogens is 651 g/mol. The number of halogens is 7. The van der Waals surface area contributed by atoms with Crippen molar-refractivity contribution in [3.8, 4) is 11.1 Å². The number of esters is 1. The molecule has 1 aromatic heterocycles. The predicted octanol–water partition coefficient (Wildman–Crippen LogP) is 8.27. The van der Waals surface area contributed by atoms with E-state index in [2.05, 4.69) is 4.98 Å². The van der Waals surface area contributed by atoms with E-state index in [1.165, 1.54) is 52.9 Å². The summed E-state index contributed by atoms with van der Waals surface area (Å²) in [4.78, 5) is 43.4. The standard InChI is InChI=1S/C33H34F7N3O5/c1-8-48-28(44)16-25(31(5,6)43(46)47)26-15-24(23-10-9-22(34)11-18(23)2)27(17-41-26)42(7)29(45)30(3,4)19-12-20(32(35,36)37)14-21(13-19)33(38,39)40/h9-15,17,25H,8,16H2,1-7H3. The second-order valence-electron chi connectivity index (χ2n) is 12.3. The Morgan fingerprint density at radius 3 is 1.94 bits per heavy atom. The number of pyridine rings is 1. The largest absolute Gasteiger partial charge is 0.466 e. The van der Waals surface area contributed by atoms with Crippen LogP contribution in [-0.4, -0.2) is 41.0 Å². The Labute approximate surface area is 272 Å². The minimum Gasteiger partial charge on any atom is -0.466 e. The van der Waals surface area contributed by atoms with Gasteiger partial charge in [-0.25, -0.2) is 4.39 Å². The van der Waals surface area contributed by atoms with Crippen LogP contribution in [0.25, 0.3) is 11.1 Å². The number of anilines is 1. The Morgan fingerprint density at radius 2 is 1.46 bits per heavy atom. The van der Waals surface area contributed by atoms with Crippen molar-refractivity contribution in [3.05, 3.63) is 92.5 Å². The Balaban J connectivity index is 2.27. The van der Waals surface area contributed by atoms with Crippen LogP contribution in [0.15, 0.2) is 48.7 Å². The third-order valence-electron chi connectivity index (χ3n) is 8.25. The molecule has 3 rings (SSSR count). The van der Waals surface area contributed by atoms with Gasteiger partial charge in [0.2, 0.25) is 11.4 Å². The highest BCUT2D eigenvalue weighted by molar-refractivity contribution is 6.03. The number of aromatic nitrogens is 1. The maximum Gasteiger partial charge on any atom is 0.416 e. The fourth-order valence-electron chi connectivity index (χ4n) is 5.27. The van der Waals surface area contributed by atoms with Gasteiger partial charge in [0, 0.05) is 31.4 Å². The number of aryl methyl sites for hydroxylation is 1. The van der Waals surface area contributed by atoms with Crippen LogP contribution in [0, 0.1) is 22.9 Å². The first-order valence-corrected chi connectivity index (χ1v) is 14.6. The first-order valence-electron chi connectivity index (χ1n) is 14.6. The summed E-state index contributed by atoms with van der Waals surface area (Å²) in [6.07, 6.45) is -9.59. The molecule has 1 heterocycles. The number of alkyl halides is 6. The molecule has 1 unspecified atom stereocenters. The fourth-order valence-corrected chi connectivity index (χ4v) is 5.27. The number of nitrogens with zero attached hydrogens (tertiary/aromatic N) is 3. The Hall–Kier alpha value is -4.56. The van der Waals surface area contributed by atoms with Crippen molar-refractivity contribution in [3.63, 3.8) is 0 Å². The van der Waals surface area contributed by atoms with Gasteiger partial charge in [-0.2, -0.15) is 26.3 Å². The minimum absolute atomic E-state index is 0.00310. The lowest BCUT2D eigenvalue weighted by Crippen LogP contribution is -2.42. The average molecular weight is 686 g/mol. The van der Waals surface area contributed by atoms with Crippen molar-refractivity contribution >= 4 is 17.6 Å². The van der Waals surface area contributed by atoms with Crippen LogP contribution in [0.5, 0.6) is 0 Å². The van der Waals surface area contributed by atoms with Crippen molar-refractivity contribution in [1.29, 1.82) is 0 Å². The van der Waals surface area contributed by atoms with Crippen LogP contribution in [0.2, 0.25) is 0 Å². The van der Waals surface area contributed by atoms with Crippen molar-refractivity contribution in [2.24, 2.45) is 0 Å². The fraction of sp³-hybridized carbons (Fsp3) is 0.424. The molecular formula is C33H34F7N3O5. The van der Waals surface area contributed by atoms with Crippen molar-refractivity contribution in [2.75, 3.05) is 18.6 Å². The highest BCUT2D eigenvalue weighted by Gasteiger charge is 2.45. The molecule has 1 amide bonds. The summed E-state index contributed by atoms with van der Waals surface area (Å²) in [5.41, 5.74) is -6.57. The van der Waals surface area contributed by atoms with E-state index in [1.54, 1.807) is 13.8 Å². The molecule has 0 bridgehead atoms. The number of hydrogen-bond acceptors (Lipinski definition) is 6. The van der Waals surface area contributed by atoms with Crippen LogP contribution in [-0.2, 0) is 32.1 Å². The quantitative estimate of drug-likeness (QED) is 0.0922. The lowest BCUT2D eigenvalue weighted by atomic mass is 9.80. The molecule has 0 N–H and O–H groups in total. The first kappa shape index (κ1) is 37.9. The molecule has 0 spiro atoms. The first-order chi connectivity index (χ1) is 21.9. The predicted molar refractivity (Wildman–Crippen MR) is 162 cm³/mol. The van der Waals surface area contributed by atoms with Crippen LogP contribution in [0.1, 0.15) is 74.9 Å². The number of carbonyl (C=O) groups excluding carboxylic acids is 2. The number of nitro groups is 1. The van der Waals surface area contributed by atoms with Crippen molar-refractivity contribution < 1.29 is 50.0 Å². The van der Waals surface area contributed by atoms with Gasteiger partial charge in [-0.1, -0.05) is 6.07 Å². The van der Waals surface area contributed by atoms with E-state index in [4.69, 9.17) is 4.74 Å². The highest BCUT2D eigenvalue weighted by atomic mass is 19.4. The summed E-state index contributed by atoms with van der Waals surface area (Å²) < 4.78 is 101. The van der Waals surface area contributed by atoms with Crippen LogP contribution in [0.4, 0.5) is 36.4 Å². The molecule has 0 aliphatic rings. The molecule has 0 aliphatic carbocycles. The molecule has 260 valence electrons. The highest BCUT2D eigenvalue weighted by Crippen LogP contribution is 2.42. The summed E-state index contributed by atoms with van der Waals surface area (Å²) in [6.45, 7) is 8.03. The summed E-state index contributed by atoms with van der Waals surface area (Å²) in [7, 11) is 1.23. The van der Waals surface area contributed by atoms with E-state index in [0.29, 0.717) is 23.3 Å². The summed E-state index contributed by atoms with van der Waals surface area (Å²) in [5.74, 6) is -3.43. The third-order valence-corrected chi connectivity index (χ3v) is 8.25. The number of ether oxygens (including phenoxy) is 1. The molecule has 15 heteroatoms. The zero-order valence-corrected chi connectivity index (χ0v) is 27.1. The second kappa shape index (κ2) is 13.5. The summed E-state index contributed by atoms with van der Waals surface area (Å²) in [5, 5.41) is 12.1. The van der Waals surface area contributed by atoms with Crippen LogP contribution >= 0.6 is 0 Å². The second-order valence-corrected chi connectivity index (χ2v) is 12.3. The molecule has 0 saturated heterocycles. The van der Waals surface area contributed by atoms with Crippen LogP contribution < -0.4 is 4.90 Å². The van der Waals surface area contributed by atoms with E-state index in [9.17, 15) is 50.4 Å². The smallest absolute Gasteiger partial charge is 0.416 e. The van der Waals surface area contributed by atoms with Gasteiger partial charge < -0.3 is 9.64 Å². The van der Waals surface area contributed by atoms with Crippen LogP contribution in [0.3, 0.4) is 0 Å². The maximum atomic E-state index is 14.1. The van der Waals surface area contributed by atoms with Gasteiger partial charge in [-0.05, 0) is 80.8 Å². The molecule has 0 aliphatic heterocycles. The zero-order valence-electron chi connectivity index (χ0n) is 27.1. The number of hydrogen-bond donors (Lipinski definition) is 0. The summed E-state index contributed by atoms with van der Waals surface area (Å²) >= 11 is 0. The molecule has 2 aromatic carbocycles. The Morgan fingerprint density at radius 1 is 0.917 bits per heavy atom. The van der Waals surface area contributed by atoms with Crippen molar-refractivity contribution in [1.82, 2.24) is 4.98 Å². The van der Waals surface area contributed by atoms with E-state index >= 15 is 0 Å². The van der Waals surface area contributed by atoms with Gasteiger partial charge in [0.15, 0.2) is 0 Å². The maximum absolute atomic E-state index is 14.1. The van der Waals surface area contributed by atoms with Gasteiger partial charge in [0.25, 0.3) is 0 Å². The Kier molecular flexibility index (Phi) is 10.7. The zero-order chi connectivity index (χ0) is 36.6. The van der Waals surface area contributed by atoms with E-state index in [1.807, 2.05) is 0 Å². The van der Waals surface area contributed by atoms with Gasteiger partial charge >= 0.3 is 18.3 Å². The lowest BCUT2D eigenvalue weighted by molar-refractivity contribution is -0.565. The molecule has 0 radical (unpaired) electrons. The normalized spacial score (nSPS) is 13.2. The lowest BCUT2D eigenvalue weighted by Gasteiger charge is -2.32. The summed E-state index contributed by atoms with van der Waals surface area (Å²) in [6, 6.07) is 5.98. The van der Waals surface area contributed by atoms with E-state index < -0.39 is 75.0 Å². The molecule has 0 saturated carbocycles. The Bertz CT molecular complexity index is 1690. The van der Waals surface area contributed by atoms with Gasteiger partial charge in [0.1, 0.15) is 5.82 Å². The number of benzene rings is 2. The topological polar surface area (TPSA) is 103 Å². The molecule has 1 atom stereocenters. The monoisotopic (exact) mass is 685 g/mol. The van der Waals surface area contributed by atoms with E-state index in [-0.39, 0.29) is 29.6 Å². The van der Waals surface area contributed by atoms with Gasteiger partial charge in [-0.15, -0.1) is 0 Å². The van der Waals surface area contributed by atoms with Gasteiger partial charge in [-0.3, -0.25) is 24.7 Å². The molecule has 48 heavy (non-hydrogen) atoms. The number of rotatable bonds is 10. The molecule has 0 fully saturated rings. The number of carbonyl (C=O) groups is 2. The minimum atomic E-state index is -5.15. The number of likely N-dealkylation sites (N-methyl/N-ethyl adjacent to an activating group) is 1. The van der Waals surface area contributed by atoms with Crippen molar-refractivity contribution in [2.45, 2.75) is 77.2 Å².